The van der Waals surface area contributed by atoms with Gasteiger partial charge in [0.15, 0.2) is 0 Å². The molecule has 2 atom stereocenters. The molecule has 1 saturated carbocycles. The standard InChI is InChI=1S/C28H28N2O2/c1-19-8-7-11-21(18-19)26-25(27(31)29-17-16-20-9-3-2-4-10-20)23-12-5-6-13-24(23)28(32)30(26)22-14-15-22/h2-13,18,22,25-26H,14-17H2,1H3,(H,29,31)/t25-,26-/m0/s1. The molecule has 3 aromatic rings. The van der Waals surface area contributed by atoms with Crippen LogP contribution in [0.4, 0.5) is 0 Å². The second-order valence-corrected chi connectivity index (χ2v) is 8.89. The van der Waals surface area contributed by atoms with Crippen molar-refractivity contribution in [3.05, 3.63) is 107 Å². The first-order valence-corrected chi connectivity index (χ1v) is 11.4. The molecule has 0 radical (unpaired) electrons. The van der Waals surface area contributed by atoms with Crippen LogP contribution in [0.1, 0.15) is 57.4 Å². The predicted molar refractivity (Wildman–Crippen MR) is 125 cm³/mol. The number of carbonyl (C=O) groups is 2. The van der Waals surface area contributed by atoms with E-state index < -0.39 is 5.92 Å². The Kier molecular flexibility index (Phi) is 5.52. The maximum absolute atomic E-state index is 13.7. The second kappa shape index (κ2) is 8.62. The number of amides is 2. The molecule has 3 aromatic carbocycles. The van der Waals surface area contributed by atoms with Crippen LogP contribution in [-0.4, -0.2) is 29.3 Å². The minimum absolute atomic E-state index is 0.0157. The smallest absolute Gasteiger partial charge is 0.254 e. The molecular formula is C28H28N2O2. The SMILES string of the molecule is Cc1cccc([C@H]2[C@@H](C(=O)NCCc3ccccc3)c3ccccc3C(=O)N2C2CC2)c1. The van der Waals surface area contributed by atoms with Gasteiger partial charge in [0.2, 0.25) is 5.91 Å². The van der Waals surface area contributed by atoms with Crippen molar-refractivity contribution >= 4 is 11.8 Å². The molecule has 2 aliphatic rings. The number of aryl methyl sites for hydroxylation is 1. The number of rotatable bonds is 6. The van der Waals surface area contributed by atoms with Crippen molar-refractivity contribution < 1.29 is 9.59 Å². The summed E-state index contributed by atoms with van der Waals surface area (Å²) in [5.74, 6) is -0.400. The van der Waals surface area contributed by atoms with Crippen LogP contribution in [0.5, 0.6) is 0 Å². The monoisotopic (exact) mass is 424 g/mol. The van der Waals surface area contributed by atoms with E-state index in [-0.39, 0.29) is 23.9 Å². The van der Waals surface area contributed by atoms with Gasteiger partial charge in [-0.2, -0.15) is 0 Å². The Hall–Kier alpha value is -3.40. The number of benzene rings is 3. The van der Waals surface area contributed by atoms with Crippen LogP contribution in [0.3, 0.4) is 0 Å². The van der Waals surface area contributed by atoms with Crippen molar-refractivity contribution in [1.82, 2.24) is 10.2 Å². The number of hydrogen-bond donors (Lipinski definition) is 1. The molecule has 1 aliphatic carbocycles. The molecule has 1 aliphatic heterocycles. The maximum Gasteiger partial charge on any atom is 0.254 e. The summed E-state index contributed by atoms with van der Waals surface area (Å²) >= 11 is 0. The maximum atomic E-state index is 13.7. The molecule has 162 valence electrons. The average molecular weight is 425 g/mol. The summed E-state index contributed by atoms with van der Waals surface area (Å²) in [6, 6.07) is 26.0. The van der Waals surface area contributed by atoms with Crippen LogP contribution < -0.4 is 5.32 Å². The lowest BCUT2D eigenvalue weighted by Gasteiger charge is -2.42. The van der Waals surface area contributed by atoms with Crippen molar-refractivity contribution in [2.75, 3.05) is 6.54 Å². The fourth-order valence-corrected chi connectivity index (χ4v) is 4.88. The van der Waals surface area contributed by atoms with Gasteiger partial charge in [-0.3, -0.25) is 9.59 Å². The van der Waals surface area contributed by atoms with Gasteiger partial charge in [0.05, 0.1) is 12.0 Å². The van der Waals surface area contributed by atoms with Crippen LogP contribution in [0.25, 0.3) is 0 Å². The highest BCUT2D eigenvalue weighted by Gasteiger charge is 2.48. The Morgan fingerprint density at radius 2 is 1.72 bits per heavy atom. The van der Waals surface area contributed by atoms with Crippen molar-refractivity contribution in [1.29, 1.82) is 0 Å². The van der Waals surface area contributed by atoms with Gasteiger partial charge in [0.25, 0.3) is 5.91 Å². The lowest BCUT2D eigenvalue weighted by molar-refractivity contribution is -0.124. The summed E-state index contributed by atoms with van der Waals surface area (Å²) in [7, 11) is 0. The van der Waals surface area contributed by atoms with Gasteiger partial charge in [-0.05, 0) is 48.9 Å². The van der Waals surface area contributed by atoms with Crippen molar-refractivity contribution in [2.24, 2.45) is 0 Å². The third kappa shape index (κ3) is 3.93. The predicted octanol–water partition coefficient (Wildman–Crippen LogP) is 4.80. The Balaban J connectivity index is 1.51. The van der Waals surface area contributed by atoms with E-state index in [1.807, 2.05) is 53.4 Å². The van der Waals surface area contributed by atoms with Crippen LogP contribution in [0.15, 0.2) is 78.9 Å². The minimum Gasteiger partial charge on any atom is -0.355 e. The lowest BCUT2D eigenvalue weighted by atomic mass is 9.78. The van der Waals surface area contributed by atoms with E-state index in [2.05, 4.69) is 42.6 Å². The highest BCUT2D eigenvalue weighted by Crippen LogP contribution is 2.47. The lowest BCUT2D eigenvalue weighted by Crippen LogP contribution is -2.48. The number of hydrogen-bond acceptors (Lipinski definition) is 2. The third-order valence-electron chi connectivity index (χ3n) is 6.54. The normalized spacial score (nSPS) is 20.0. The van der Waals surface area contributed by atoms with E-state index in [0.29, 0.717) is 12.1 Å². The molecule has 0 saturated heterocycles. The van der Waals surface area contributed by atoms with E-state index in [9.17, 15) is 9.59 Å². The summed E-state index contributed by atoms with van der Waals surface area (Å²) in [5.41, 5.74) is 4.85. The molecule has 1 N–H and O–H groups in total. The summed E-state index contributed by atoms with van der Waals surface area (Å²) in [5, 5.41) is 3.17. The first kappa shape index (κ1) is 20.5. The zero-order valence-corrected chi connectivity index (χ0v) is 18.3. The van der Waals surface area contributed by atoms with Gasteiger partial charge < -0.3 is 10.2 Å². The number of nitrogens with one attached hydrogen (secondary N) is 1. The van der Waals surface area contributed by atoms with Crippen molar-refractivity contribution in [2.45, 2.75) is 44.2 Å². The van der Waals surface area contributed by atoms with Crippen LogP contribution >= 0.6 is 0 Å². The molecule has 32 heavy (non-hydrogen) atoms. The average Bonchev–Trinajstić information content (AvgIpc) is 3.65. The molecule has 4 heteroatoms. The van der Waals surface area contributed by atoms with Gasteiger partial charge in [-0.1, -0.05) is 78.4 Å². The first-order valence-electron chi connectivity index (χ1n) is 11.4. The van der Waals surface area contributed by atoms with E-state index in [4.69, 9.17) is 0 Å². The molecule has 1 heterocycles. The fraction of sp³-hybridized carbons (Fsp3) is 0.286. The quantitative estimate of drug-likeness (QED) is 0.618. The molecule has 4 nitrogen and oxygen atoms in total. The van der Waals surface area contributed by atoms with Crippen LogP contribution in [0.2, 0.25) is 0 Å². The van der Waals surface area contributed by atoms with Crippen LogP contribution in [-0.2, 0) is 11.2 Å². The summed E-state index contributed by atoms with van der Waals surface area (Å²) < 4.78 is 0. The van der Waals surface area contributed by atoms with Crippen molar-refractivity contribution in [3.8, 4) is 0 Å². The zero-order valence-electron chi connectivity index (χ0n) is 18.3. The first-order chi connectivity index (χ1) is 15.6. The largest absolute Gasteiger partial charge is 0.355 e. The van der Waals surface area contributed by atoms with E-state index >= 15 is 0 Å². The van der Waals surface area contributed by atoms with Gasteiger partial charge in [0.1, 0.15) is 0 Å². The summed E-state index contributed by atoms with van der Waals surface area (Å²) in [6.45, 7) is 2.62. The molecule has 0 spiro atoms. The molecule has 0 bridgehead atoms. The zero-order chi connectivity index (χ0) is 22.1. The Morgan fingerprint density at radius 3 is 2.47 bits per heavy atom. The molecule has 0 aromatic heterocycles. The fourth-order valence-electron chi connectivity index (χ4n) is 4.88. The molecule has 1 fully saturated rings. The van der Waals surface area contributed by atoms with E-state index in [1.165, 1.54) is 5.56 Å². The highest BCUT2D eigenvalue weighted by molar-refractivity contribution is 6.01. The molecule has 0 unspecified atom stereocenters. The molecule has 2 amide bonds. The van der Waals surface area contributed by atoms with Crippen LogP contribution in [0, 0.1) is 6.92 Å². The van der Waals surface area contributed by atoms with E-state index in [0.717, 1.165) is 36.0 Å². The highest BCUT2D eigenvalue weighted by atomic mass is 16.2. The minimum atomic E-state index is -0.429. The number of nitrogens with zero attached hydrogens (tertiary/aromatic N) is 1. The Morgan fingerprint density at radius 1 is 0.969 bits per heavy atom. The Bertz CT molecular complexity index is 1140. The molecule has 5 rings (SSSR count). The Labute approximate surface area is 189 Å². The van der Waals surface area contributed by atoms with Gasteiger partial charge >= 0.3 is 0 Å². The topological polar surface area (TPSA) is 49.4 Å². The number of fused-ring (bicyclic) bond motifs is 1. The van der Waals surface area contributed by atoms with Gasteiger partial charge in [0, 0.05) is 18.2 Å². The summed E-state index contributed by atoms with van der Waals surface area (Å²) in [4.78, 5) is 29.2. The molecular weight excluding hydrogens is 396 g/mol. The van der Waals surface area contributed by atoms with E-state index in [1.54, 1.807) is 0 Å². The third-order valence-corrected chi connectivity index (χ3v) is 6.54. The second-order valence-electron chi connectivity index (χ2n) is 8.89. The van der Waals surface area contributed by atoms with Crippen molar-refractivity contribution in [3.63, 3.8) is 0 Å². The number of carbonyl (C=O) groups excluding carboxylic acids is 2. The summed E-state index contributed by atoms with van der Waals surface area (Å²) in [6.07, 6.45) is 2.78. The van der Waals surface area contributed by atoms with Gasteiger partial charge in [-0.25, -0.2) is 0 Å². The van der Waals surface area contributed by atoms with Gasteiger partial charge in [-0.15, -0.1) is 0 Å².